The number of fused-ring (bicyclic) bond motifs is 1. The van der Waals surface area contributed by atoms with Gasteiger partial charge in [-0.2, -0.15) is 0 Å². The third-order valence-corrected chi connectivity index (χ3v) is 3.93. The summed E-state index contributed by atoms with van der Waals surface area (Å²) in [7, 11) is 0. The van der Waals surface area contributed by atoms with Crippen LogP contribution in [-0.4, -0.2) is 12.5 Å². The highest BCUT2D eigenvalue weighted by Gasteiger charge is 2.27. The van der Waals surface area contributed by atoms with Crippen molar-refractivity contribution in [3.8, 4) is 0 Å². The van der Waals surface area contributed by atoms with Crippen molar-refractivity contribution >= 4 is 33.2 Å². The molecule has 1 heterocycles. The molecule has 0 radical (unpaired) electrons. The zero-order valence-corrected chi connectivity index (χ0v) is 12.2. The summed E-state index contributed by atoms with van der Waals surface area (Å²) in [5.41, 5.74) is 8.35. The molecule has 20 heavy (non-hydrogen) atoms. The fourth-order valence-electron chi connectivity index (χ4n) is 2.44. The minimum Gasteiger partial charge on any atom is -0.398 e. The molecule has 1 aliphatic heterocycles. The Morgan fingerprint density at radius 1 is 1.25 bits per heavy atom. The predicted octanol–water partition coefficient (Wildman–Crippen LogP) is 3.37. The number of anilines is 2. The number of hydrogen-bond donors (Lipinski definition) is 1. The summed E-state index contributed by atoms with van der Waals surface area (Å²) in [5.74, 6) is -0.536. The van der Waals surface area contributed by atoms with Gasteiger partial charge in [0.05, 0.1) is 11.3 Å². The lowest BCUT2D eigenvalue weighted by molar-refractivity contribution is 0.0990. The van der Waals surface area contributed by atoms with E-state index in [1.54, 1.807) is 29.2 Å². The van der Waals surface area contributed by atoms with Crippen LogP contribution in [0.15, 0.2) is 40.9 Å². The maximum Gasteiger partial charge on any atom is 0.260 e. The molecule has 1 amide bonds. The lowest BCUT2D eigenvalue weighted by Crippen LogP contribution is -2.29. The van der Waals surface area contributed by atoms with Crippen LogP contribution in [0, 0.1) is 5.82 Å². The SMILES string of the molecule is Nc1cc(Br)ccc1C(=O)N1CCc2ccc(F)cc21. The van der Waals surface area contributed by atoms with E-state index in [4.69, 9.17) is 5.73 Å². The normalized spacial score (nSPS) is 13.4. The fraction of sp³-hybridized carbons (Fsp3) is 0.133. The number of carbonyl (C=O) groups excluding carboxylic acids is 1. The molecule has 0 saturated carbocycles. The average Bonchev–Trinajstić information content (AvgIpc) is 2.81. The number of rotatable bonds is 1. The van der Waals surface area contributed by atoms with Crippen molar-refractivity contribution in [3.63, 3.8) is 0 Å². The molecule has 0 fully saturated rings. The minimum atomic E-state index is -0.341. The topological polar surface area (TPSA) is 46.3 Å². The summed E-state index contributed by atoms with van der Waals surface area (Å²) >= 11 is 3.31. The zero-order chi connectivity index (χ0) is 14.3. The predicted molar refractivity (Wildman–Crippen MR) is 80.3 cm³/mol. The number of nitrogens with zero attached hydrogens (tertiary/aromatic N) is 1. The number of benzene rings is 2. The van der Waals surface area contributed by atoms with Gasteiger partial charge >= 0.3 is 0 Å². The fourth-order valence-corrected chi connectivity index (χ4v) is 2.82. The highest BCUT2D eigenvalue weighted by atomic mass is 79.9. The van der Waals surface area contributed by atoms with Crippen molar-refractivity contribution in [1.82, 2.24) is 0 Å². The van der Waals surface area contributed by atoms with Crippen LogP contribution in [0.2, 0.25) is 0 Å². The van der Waals surface area contributed by atoms with Gasteiger partial charge in [0.2, 0.25) is 0 Å². The molecule has 2 aromatic rings. The molecule has 3 rings (SSSR count). The highest BCUT2D eigenvalue weighted by molar-refractivity contribution is 9.10. The minimum absolute atomic E-state index is 0.195. The highest BCUT2D eigenvalue weighted by Crippen LogP contribution is 2.31. The van der Waals surface area contributed by atoms with Crippen LogP contribution in [0.25, 0.3) is 0 Å². The van der Waals surface area contributed by atoms with E-state index in [2.05, 4.69) is 15.9 Å². The number of hydrogen-bond acceptors (Lipinski definition) is 2. The average molecular weight is 335 g/mol. The molecule has 0 aliphatic carbocycles. The van der Waals surface area contributed by atoms with Crippen LogP contribution in [-0.2, 0) is 6.42 Å². The van der Waals surface area contributed by atoms with Crippen LogP contribution in [0.3, 0.4) is 0 Å². The number of halogens is 2. The van der Waals surface area contributed by atoms with Gasteiger partial charge in [-0.3, -0.25) is 4.79 Å². The summed E-state index contributed by atoms with van der Waals surface area (Å²) < 4.78 is 14.2. The van der Waals surface area contributed by atoms with Gasteiger partial charge in [0.1, 0.15) is 5.82 Å². The van der Waals surface area contributed by atoms with E-state index >= 15 is 0 Å². The van der Waals surface area contributed by atoms with E-state index in [9.17, 15) is 9.18 Å². The lowest BCUT2D eigenvalue weighted by Gasteiger charge is -2.18. The second kappa shape index (κ2) is 4.90. The molecule has 0 saturated heterocycles. The first kappa shape index (κ1) is 13.1. The molecular formula is C15H12BrFN2O. The molecule has 0 unspecified atom stereocenters. The van der Waals surface area contributed by atoms with Gasteiger partial charge in [-0.15, -0.1) is 0 Å². The van der Waals surface area contributed by atoms with Crippen LogP contribution >= 0.6 is 15.9 Å². The molecule has 2 N–H and O–H groups in total. The first-order valence-electron chi connectivity index (χ1n) is 6.21. The molecule has 0 atom stereocenters. The van der Waals surface area contributed by atoms with Crippen molar-refractivity contribution in [2.75, 3.05) is 17.2 Å². The quantitative estimate of drug-likeness (QED) is 0.812. The molecule has 5 heteroatoms. The van der Waals surface area contributed by atoms with E-state index in [0.717, 1.165) is 16.5 Å². The Morgan fingerprint density at radius 3 is 2.80 bits per heavy atom. The van der Waals surface area contributed by atoms with Gasteiger partial charge in [0, 0.05) is 16.7 Å². The van der Waals surface area contributed by atoms with Gasteiger partial charge in [-0.05, 0) is 42.3 Å². The maximum atomic E-state index is 13.4. The number of nitrogen functional groups attached to an aromatic ring is 1. The van der Waals surface area contributed by atoms with Gasteiger partial charge in [0.25, 0.3) is 5.91 Å². The van der Waals surface area contributed by atoms with Gasteiger partial charge < -0.3 is 10.6 Å². The first-order chi connectivity index (χ1) is 9.56. The molecule has 0 aromatic heterocycles. The van der Waals surface area contributed by atoms with Crippen LogP contribution < -0.4 is 10.6 Å². The standard InChI is InChI=1S/C15H12BrFN2O/c16-10-2-4-12(13(18)7-10)15(20)19-6-5-9-1-3-11(17)8-14(9)19/h1-4,7-8H,5-6,18H2. The molecule has 3 nitrogen and oxygen atoms in total. The zero-order valence-electron chi connectivity index (χ0n) is 10.6. The van der Waals surface area contributed by atoms with Crippen molar-refractivity contribution < 1.29 is 9.18 Å². The lowest BCUT2D eigenvalue weighted by atomic mass is 10.1. The molecular weight excluding hydrogens is 323 g/mol. The van der Waals surface area contributed by atoms with E-state index in [1.165, 1.54) is 12.1 Å². The van der Waals surface area contributed by atoms with Crippen LogP contribution in [0.4, 0.5) is 15.8 Å². The van der Waals surface area contributed by atoms with E-state index in [-0.39, 0.29) is 11.7 Å². The van der Waals surface area contributed by atoms with E-state index < -0.39 is 0 Å². The summed E-state index contributed by atoms with van der Waals surface area (Å²) in [5, 5.41) is 0. The smallest absolute Gasteiger partial charge is 0.260 e. The summed E-state index contributed by atoms with van der Waals surface area (Å²) in [6.07, 6.45) is 0.734. The van der Waals surface area contributed by atoms with E-state index in [0.29, 0.717) is 23.5 Å². The molecule has 1 aliphatic rings. The monoisotopic (exact) mass is 334 g/mol. The Kier molecular flexibility index (Phi) is 3.22. The molecule has 2 aromatic carbocycles. The Morgan fingerprint density at radius 2 is 2.05 bits per heavy atom. The molecule has 102 valence electrons. The Labute approximate surface area is 124 Å². The first-order valence-corrected chi connectivity index (χ1v) is 7.01. The van der Waals surface area contributed by atoms with Gasteiger partial charge in [0.15, 0.2) is 0 Å². The Balaban J connectivity index is 1.99. The molecule has 0 spiro atoms. The third-order valence-electron chi connectivity index (χ3n) is 3.43. The largest absolute Gasteiger partial charge is 0.398 e. The van der Waals surface area contributed by atoms with Crippen molar-refractivity contribution in [2.45, 2.75) is 6.42 Å². The van der Waals surface area contributed by atoms with Gasteiger partial charge in [-0.1, -0.05) is 22.0 Å². The van der Waals surface area contributed by atoms with Crippen molar-refractivity contribution in [2.24, 2.45) is 0 Å². The van der Waals surface area contributed by atoms with Crippen molar-refractivity contribution in [1.29, 1.82) is 0 Å². The third kappa shape index (κ3) is 2.18. The summed E-state index contributed by atoms with van der Waals surface area (Å²) in [6, 6.07) is 9.68. The second-order valence-electron chi connectivity index (χ2n) is 4.71. The van der Waals surface area contributed by atoms with Crippen LogP contribution in [0.1, 0.15) is 15.9 Å². The molecule has 0 bridgehead atoms. The number of amides is 1. The van der Waals surface area contributed by atoms with Crippen molar-refractivity contribution in [3.05, 3.63) is 57.8 Å². The van der Waals surface area contributed by atoms with E-state index in [1.807, 2.05) is 0 Å². The second-order valence-corrected chi connectivity index (χ2v) is 5.63. The summed E-state index contributed by atoms with van der Waals surface area (Å²) in [6.45, 7) is 0.549. The number of carbonyl (C=O) groups is 1. The summed E-state index contributed by atoms with van der Waals surface area (Å²) in [4.78, 5) is 14.1. The Hall–Kier alpha value is -1.88. The van der Waals surface area contributed by atoms with Gasteiger partial charge in [-0.25, -0.2) is 4.39 Å². The Bertz CT molecular complexity index is 702. The maximum absolute atomic E-state index is 13.4. The van der Waals surface area contributed by atoms with Crippen LogP contribution in [0.5, 0.6) is 0 Å². The number of nitrogens with two attached hydrogens (primary N) is 1.